The fourth-order valence-electron chi connectivity index (χ4n) is 3.82. The molecule has 3 N–H and O–H groups in total. The van der Waals surface area contributed by atoms with Crippen LogP contribution < -0.4 is 10.6 Å². The van der Waals surface area contributed by atoms with E-state index in [1.807, 2.05) is 23.6 Å². The van der Waals surface area contributed by atoms with Gasteiger partial charge in [0, 0.05) is 55.3 Å². The van der Waals surface area contributed by atoms with E-state index in [4.69, 9.17) is 4.74 Å². The van der Waals surface area contributed by atoms with Gasteiger partial charge in [-0.2, -0.15) is 0 Å². The zero-order valence-electron chi connectivity index (χ0n) is 17.8. The van der Waals surface area contributed by atoms with Crippen LogP contribution >= 0.6 is 11.3 Å². The van der Waals surface area contributed by atoms with Crippen molar-refractivity contribution >= 4 is 34.1 Å². The molecule has 0 unspecified atom stereocenters. The maximum absolute atomic E-state index is 12.6. The molecule has 0 spiro atoms. The van der Waals surface area contributed by atoms with Gasteiger partial charge in [0.25, 0.3) is 11.8 Å². The number of aromatic nitrogens is 3. The Morgan fingerprint density at radius 2 is 1.94 bits per heavy atom. The van der Waals surface area contributed by atoms with Crippen LogP contribution in [0.15, 0.2) is 54.4 Å². The monoisotopic (exact) mass is 461 g/mol. The average Bonchev–Trinajstić information content (AvgIpc) is 3.51. The predicted molar refractivity (Wildman–Crippen MR) is 126 cm³/mol. The quantitative estimate of drug-likeness (QED) is 0.407. The summed E-state index contributed by atoms with van der Waals surface area (Å²) in [4.78, 5) is 37.3. The molecule has 168 valence electrons. The van der Waals surface area contributed by atoms with E-state index in [1.54, 1.807) is 30.9 Å². The summed E-state index contributed by atoms with van der Waals surface area (Å²) < 4.78 is 5.35. The highest BCUT2D eigenvalue weighted by Crippen LogP contribution is 2.26. The number of hydrogen-bond donors (Lipinski definition) is 3. The number of aromatic amines is 1. The highest BCUT2D eigenvalue weighted by atomic mass is 32.1. The maximum Gasteiger partial charge on any atom is 0.267 e. The molecular weight excluding hydrogens is 438 g/mol. The molecule has 1 saturated heterocycles. The fourth-order valence-corrected chi connectivity index (χ4v) is 4.64. The molecule has 1 aliphatic heterocycles. The van der Waals surface area contributed by atoms with E-state index in [0.29, 0.717) is 30.3 Å². The number of hydrogen-bond acceptors (Lipinski definition) is 6. The summed E-state index contributed by atoms with van der Waals surface area (Å²) in [6.45, 7) is 1.72. The zero-order chi connectivity index (χ0) is 22.6. The maximum atomic E-state index is 12.6. The fraction of sp³-hybridized carbons (Fsp3) is 0.250. The first-order valence-electron chi connectivity index (χ1n) is 10.8. The number of H-pyrrole nitrogens is 1. The summed E-state index contributed by atoms with van der Waals surface area (Å²) in [5.41, 5.74) is 4.01. The molecule has 0 bridgehead atoms. The standard InChI is InChI=1S/C24H23N5O3S/c30-23(20-8-16-1-4-25-13-21(16)29-20)27-11-15-7-17(12-26-10-15)18-9-22(33-14-18)24(31)28-19-2-5-32-6-3-19/h1,4,7-10,12-14,19,29H,2-3,5-6,11H2,(H,27,30)(H,28,31). The van der Waals surface area contributed by atoms with E-state index in [0.717, 1.165) is 40.4 Å². The second-order valence-corrected chi connectivity index (χ2v) is 8.88. The van der Waals surface area contributed by atoms with Gasteiger partial charge in [0.2, 0.25) is 0 Å². The molecule has 1 aliphatic rings. The zero-order valence-corrected chi connectivity index (χ0v) is 18.7. The Balaban J connectivity index is 1.22. The first-order valence-corrected chi connectivity index (χ1v) is 11.7. The van der Waals surface area contributed by atoms with Crippen LogP contribution in [0.25, 0.3) is 22.0 Å². The Morgan fingerprint density at radius 1 is 1.06 bits per heavy atom. The van der Waals surface area contributed by atoms with Gasteiger partial charge in [-0.3, -0.25) is 19.6 Å². The first kappa shape index (κ1) is 21.3. The molecule has 0 saturated carbocycles. The number of nitrogens with one attached hydrogen (secondary N) is 3. The van der Waals surface area contributed by atoms with Crippen molar-refractivity contribution in [2.75, 3.05) is 13.2 Å². The van der Waals surface area contributed by atoms with Crippen molar-refractivity contribution in [1.82, 2.24) is 25.6 Å². The molecule has 5 heterocycles. The molecule has 0 aliphatic carbocycles. The SMILES string of the molecule is O=C(NCc1cncc(-c2csc(C(=O)NC3CCOCC3)c2)c1)c1cc2ccncc2[nH]1. The predicted octanol–water partition coefficient (Wildman–Crippen LogP) is 3.53. The second kappa shape index (κ2) is 9.51. The number of fused-ring (bicyclic) bond motifs is 1. The molecule has 4 aromatic rings. The number of nitrogens with zero attached hydrogens (tertiary/aromatic N) is 2. The summed E-state index contributed by atoms with van der Waals surface area (Å²) in [5.74, 6) is -0.248. The van der Waals surface area contributed by atoms with Gasteiger partial charge in [-0.05, 0) is 53.6 Å². The van der Waals surface area contributed by atoms with Crippen molar-refractivity contribution in [3.8, 4) is 11.1 Å². The molecule has 33 heavy (non-hydrogen) atoms. The molecule has 4 aromatic heterocycles. The third-order valence-corrected chi connectivity index (χ3v) is 6.56. The van der Waals surface area contributed by atoms with Gasteiger partial charge >= 0.3 is 0 Å². The van der Waals surface area contributed by atoms with E-state index in [2.05, 4.69) is 25.6 Å². The minimum Gasteiger partial charge on any atom is -0.381 e. The minimum atomic E-state index is -0.195. The van der Waals surface area contributed by atoms with Crippen LogP contribution in [0.2, 0.25) is 0 Å². The Kier molecular flexibility index (Phi) is 6.14. The van der Waals surface area contributed by atoms with Crippen LogP contribution in [-0.2, 0) is 11.3 Å². The van der Waals surface area contributed by atoms with E-state index >= 15 is 0 Å². The minimum absolute atomic E-state index is 0.0527. The van der Waals surface area contributed by atoms with Crippen LogP contribution in [0.5, 0.6) is 0 Å². The summed E-state index contributed by atoms with van der Waals surface area (Å²) in [6.07, 6.45) is 8.56. The lowest BCUT2D eigenvalue weighted by Crippen LogP contribution is -2.38. The van der Waals surface area contributed by atoms with Crippen LogP contribution in [0.3, 0.4) is 0 Å². The van der Waals surface area contributed by atoms with Gasteiger partial charge in [0.1, 0.15) is 5.69 Å². The summed E-state index contributed by atoms with van der Waals surface area (Å²) in [7, 11) is 0. The summed E-state index contributed by atoms with van der Waals surface area (Å²) in [6, 6.07) is 7.69. The van der Waals surface area contributed by atoms with Gasteiger partial charge in [0.05, 0.1) is 16.6 Å². The topological polar surface area (TPSA) is 109 Å². The lowest BCUT2D eigenvalue weighted by Gasteiger charge is -2.22. The summed E-state index contributed by atoms with van der Waals surface area (Å²) in [5, 5.41) is 8.91. The Labute approximate surface area is 194 Å². The number of ether oxygens (including phenoxy) is 1. The Hall–Kier alpha value is -3.56. The molecule has 0 aromatic carbocycles. The van der Waals surface area contributed by atoms with Crippen molar-refractivity contribution in [2.24, 2.45) is 0 Å². The molecule has 0 atom stereocenters. The lowest BCUT2D eigenvalue weighted by atomic mass is 10.1. The van der Waals surface area contributed by atoms with E-state index < -0.39 is 0 Å². The molecule has 5 rings (SSSR count). The largest absolute Gasteiger partial charge is 0.381 e. The Morgan fingerprint density at radius 3 is 2.79 bits per heavy atom. The number of thiophene rings is 1. The molecule has 8 nitrogen and oxygen atoms in total. The van der Waals surface area contributed by atoms with E-state index in [-0.39, 0.29) is 17.9 Å². The van der Waals surface area contributed by atoms with Gasteiger partial charge in [-0.15, -0.1) is 11.3 Å². The normalized spacial score (nSPS) is 14.3. The Bertz CT molecular complexity index is 1260. The number of pyridine rings is 2. The van der Waals surface area contributed by atoms with Crippen molar-refractivity contribution in [3.05, 3.63) is 70.6 Å². The summed E-state index contributed by atoms with van der Waals surface area (Å²) >= 11 is 1.41. The lowest BCUT2D eigenvalue weighted by molar-refractivity contribution is 0.0698. The molecule has 2 amide bonds. The van der Waals surface area contributed by atoms with Gasteiger partial charge in [-0.1, -0.05) is 0 Å². The third-order valence-electron chi connectivity index (χ3n) is 5.63. The highest BCUT2D eigenvalue weighted by molar-refractivity contribution is 7.12. The van der Waals surface area contributed by atoms with E-state index in [1.165, 1.54) is 11.3 Å². The number of carbonyl (C=O) groups is 2. The molecule has 0 radical (unpaired) electrons. The number of carbonyl (C=O) groups excluding carboxylic acids is 2. The van der Waals surface area contributed by atoms with Crippen molar-refractivity contribution in [2.45, 2.75) is 25.4 Å². The van der Waals surface area contributed by atoms with Gasteiger partial charge in [0.15, 0.2) is 0 Å². The number of rotatable bonds is 6. The van der Waals surface area contributed by atoms with Crippen molar-refractivity contribution in [3.63, 3.8) is 0 Å². The van der Waals surface area contributed by atoms with Crippen molar-refractivity contribution in [1.29, 1.82) is 0 Å². The van der Waals surface area contributed by atoms with Crippen LogP contribution in [-0.4, -0.2) is 46.0 Å². The first-order chi connectivity index (χ1) is 16.2. The van der Waals surface area contributed by atoms with Crippen LogP contribution in [0.1, 0.15) is 38.6 Å². The molecule has 1 fully saturated rings. The van der Waals surface area contributed by atoms with Gasteiger partial charge in [-0.25, -0.2) is 0 Å². The van der Waals surface area contributed by atoms with Crippen molar-refractivity contribution < 1.29 is 14.3 Å². The van der Waals surface area contributed by atoms with Gasteiger partial charge < -0.3 is 20.4 Å². The second-order valence-electron chi connectivity index (χ2n) is 7.97. The number of amides is 2. The molecular formula is C24H23N5O3S. The third kappa shape index (κ3) is 4.94. The smallest absolute Gasteiger partial charge is 0.267 e. The van der Waals surface area contributed by atoms with Crippen LogP contribution in [0, 0.1) is 0 Å². The average molecular weight is 462 g/mol. The molecule has 9 heteroatoms. The van der Waals surface area contributed by atoms with Crippen LogP contribution in [0.4, 0.5) is 0 Å². The highest BCUT2D eigenvalue weighted by Gasteiger charge is 2.18. The van der Waals surface area contributed by atoms with E-state index in [9.17, 15) is 9.59 Å².